The van der Waals surface area contributed by atoms with E-state index in [9.17, 15) is 0 Å². The Balaban J connectivity index is 2.56. The van der Waals surface area contributed by atoms with Gasteiger partial charge in [0.15, 0.2) is 0 Å². The van der Waals surface area contributed by atoms with Gasteiger partial charge in [0.2, 0.25) is 0 Å². The Morgan fingerprint density at radius 2 is 2.18 bits per heavy atom. The average molecular weight is 171 g/mol. The van der Waals surface area contributed by atoms with Crippen LogP contribution in [0.5, 0.6) is 5.75 Å². The fraction of sp³-hybridized carbons (Fsp3) is 0.333. The molecule has 0 heterocycles. The molecular formula is C9H11ClO. The van der Waals surface area contributed by atoms with Crippen LogP contribution in [0.4, 0.5) is 0 Å². The van der Waals surface area contributed by atoms with Gasteiger partial charge in [0.05, 0.1) is 0 Å². The average Bonchev–Trinajstić information content (AvgIpc) is 2.01. The summed E-state index contributed by atoms with van der Waals surface area (Å²) < 4.78 is 0. The molecule has 60 valence electrons. The maximum Gasteiger partial charge on any atom is 0.115 e. The maximum absolute atomic E-state index is 9.08. The molecule has 0 spiro atoms. The van der Waals surface area contributed by atoms with E-state index >= 15 is 0 Å². The molecular weight excluding hydrogens is 160 g/mol. The topological polar surface area (TPSA) is 20.2 Å². The smallest absolute Gasteiger partial charge is 0.115 e. The normalized spacial score (nSPS) is 9.91. The molecule has 0 radical (unpaired) electrons. The first-order valence-corrected chi connectivity index (χ1v) is 4.20. The SMILES string of the molecule is Oc1cccc(CCCCl)c1. The van der Waals surface area contributed by atoms with E-state index in [1.54, 1.807) is 12.1 Å². The Bertz CT molecular complexity index is 223. The third kappa shape index (κ3) is 2.81. The third-order valence-corrected chi connectivity index (χ3v) is 1.78. The van der Waals surface area contributed by atoms with Crippen LogP contribution < -0.4 is 0 Å². The Hall–Kier alpha value is -0.690. The lowest BCUT2D eigenvalue weighted by Gasteiger charge is -1.98. The molecule has 0 aliphatic carbocycles. The van der Waals surface area contributed by atoms with Gasteiger partial charge in [-0.15, -0.1) is 11.6 Å². The highest BCUT2D eigenvalue weighted by molar-refractivity contribution is 6.17. The zero-order valence-corrected chi connectivity index (χ0v) is 7.01. The second kappa shape index (κ2) is 4.24. The Labute approximate surface area is 71.6 Å². The molecule has 2 heteroatoms. The van der Waals surface area contributed by atoms with Gasteiger partial charge in [-0.25, -0.2) is 0 Å². The quantitative estimate of drug-likeness (QED) is 0.692. The molecule has 1 rings (SSSR count). The van der Waals surface area contributed by atoms with E-state index in [0.29, 0.717) is 11.6 Å². The summed E-state index contributed by atoms with van der Waals surface area (Å²) in [5.74, 6) is 1.01. The van der Waals surface area contributed by atoms with E-state index in [1.165, 1.54) is 0 Å². The van der Waals surface area contributed by atoms with Crippen molar-refractivity contribution in [1.82, 2.24) is 0 Å². The Morgan fingerprint density at radius 1 is 1.36 bits per heavy atom. The number of halogens is 1. The summed E-state index contributed by atoms with van der Waals surface area (Å²) in [4.78, 5) is 0. The number of rotatable bonds is 3. The summed E-state index contributed by atoms with van der Waals surface area (Å²) in [6.45, 7) is 0. The van der Waals surface area contributed by atoms with Crippen LogP contribution in [-0.4, -0.2) is 11.0 Å². The molecule has 0 amide bonds. The molecule has 0 fully saturated rings. The number of phenolic OH excluding ortho intramolecular Hbond substituents is 1. The minimum atomic E-state index is 0.331. The number of benzene rings is 1. The number of aryl methyl sites for hydroxylation is 1. The number of aromatic hydroxyl groups is 1. The Morgan fingerprint density at radius 3 is 2.82 bits per heavy atom. The fourth-order valence-electron chi connectivity index (χ4n) is 0.983. The molecule has 1 aromatic carbocycles. The molecule has 0 saturated carbocycles. The highest BCUT2D eigenvalue weighted by Gasteiger charge is 1.92. The molecule has 0 unspecified atom stereocenters. The summed E-state index contributed by atoms with van der Waals surface area (Å²) in [6.07, 6.45) is 1.91. The molecule has 11 heavy (non-hydrogen) atoms. The summed E-state index contributed by atoms with van der Waals surface area (Å²) in [6, 6.07) is 7.28. The van der Waals surface area contributed by atoms with Gasteiger partial charge < -0.3 is 5.11 Å². The molecule has 0 aliphatic rings. The fourth-order valence-corrected chi connectivity index (χ4v) is 1.12. The van der Waals surface area contributed by atoms with Gasteiger partial charge in [-0.3, -0.25) is 0 Å². The van der Waals surface area contributed by atoms with E-state index < -0.39 is 0 Å². The third-order valence-electron chi connectivity index (χ3n) is 1.51. The van der Waals surface area contributed by atoms with Gasteiger partial charge in [0, 0.05) is 5.88 Å². The monoisotopic (exact) mass is 170 g/mol. The summed E-state index contributed by atoms with van der Waals surface area (Å²) >= 11 is 5.53. The zero-order valence-electron chi connectivity index (χ0n) is 6.26. The lowest BCUT2D eigenvalue weighted by molar-refractivity contribution is 0.474. The molecule has 0 aliphatic heterocycles. The summed E-state index contributed by atoms with van der Waals surface area (Å²) in [5, 5.41) is 9.08. The van der Waals surface area contributed by atoms with Gasteiger partial charge in [0.1, 0.15) is 5.75 Å². The van der Waals surface area contributed by atoms with Gasteiger partial charge >= 0.3 is 0 Å². The van der Waals surface area contributed by atoms with Gasteiger partial charge in [-0.1, -0.05) is 12.1 Å². The number of phenols is 1. The molecule has 0 bridgehead atoms. The lowest BCUT2D eigenvalue weighted by atomic mass is 10.1. The largest absolute Gasteiger partial charge is 0.508 e. The summed E-state index contributed by atoms with van der Waals surface area (Å²) in [7, 11) is 0. The van der Waals surface area contributed by atoms with Crippen LogP contribution in [0.3, 0.4) is 0 Å². The van der Waals surface area contributed by atoms with E-state index in [2.05, 4.69) is 0 Å². The van der Waals surface area contributed by atoms with Crippen LogP contribution in [-0.2, 0) is 6.42 Å². The van der Waals surface area contributed by atoms with Gasteiger partial charge in [-0.2, -0.15) is 0 Å². The molecule has 1 aromatic rings. The predicted octanol–water partition coefficient (Wildman–Crippen LogP) is 2.56. The zero-order chi connectivity index (χ0) is 8.10. The lowest BCUT2D eigenvalue weighted by Crippen LogP contribution is -1.84. The van der Waals surface area contributed by atoms with Crippen LogP contribution in [0.25, 0.3) is 0 Å². The van der Waals surface area contributed by atoms with Crippen LogP contribution in [0.15, 0.2) is 24.3 Å². The predicted molar refractivity (Wildman–Crippen MR) is 47.1 cm³/mol. The van der Waals surface area contributed by atoms with Crippen molar-refractivity contribution in [3.63, 3.8) is 0 Å². The second-order valence-corrected chi connectivity index (χ2v) is 2.84. The first-order valence-electron chi connectivity index (χ1n) is 3.67. The van der Waals surface area contributed by atoms with Crippen molar-refractivity contribution in [2.45, 2.75) is 12.8 Å². The number of alkyl halides is 1. The van der Waals surface area contributed by atoms with Crippen molar-refractivity contribution in [3.05, 3.63) is 29.8 Å². The van der Waals surface area contributed by atoms with E-state index in [-0.39, 0.29) is 0 Å². The highest BCUT2D eigenvalue weighted by Crippen LogP contribution is 2.12. The van der Waals surface area contributed by atoms with Crippen molar-refractivity contribution in [2.24, 2.45) is 0 Å². The van der Waals surface area contributed by atoms with Crippen LogP contribution in [0.2, 0.25) is 0 Å². The van der Waals surface area contributed by atoms with E-state index in [0.717, 1.165) is 18.4 Å². The van der Waals surface area contributed by atoms with Gasteiger partial charge in [-0.05, 0) is 30.5 Å². The minimum Gasteiger partial charge on any atom is -0.508 e. The number of hydrogen-bond acceptors (Lipinski definition) is 1. The molecule has 1 N–H and O–H groups in total. The van der Waals surface area contributed by atoms with Crippen molar-refractivity contribution < 1.29 is 5.11 Å². The summed E-state index contributed by atoms with van der Waals surface area (Å²) in [5.41, 5.74) is 1.14. The molecule has 1 nitrogen and oxygen atoms in total. The van der Waals surface area contributed by atoms with Crippen molar-refractivity contribution in [2.75, 3.05) is 5.88 Å². The Kier molecular flexibility index (Phi) is 3.24. The molecule has 0 saturated heterocycles. The van der Waals surface area contributed by atoms with Crippen molar-refractivity contribution in [1.29, 1.82) is 0 Å². The van der Waals surface area contributed by atoms with Crippen LogP contribution >= 0.6 is 11.6 Å². The second-order valence-electron chi connectivity index (χ2n) is 2.46. The molecule has 0 aromatic heterocycles. The van der Waals surface area contributed by atoms with Crippen LogP contribution in [0, 0.1) is 0 Å². The van der Waals surface area contributed by atoms with Crippen LogP contribution in [0.1, 0.15) is 12.0 Å². The first kappa shape index (κ1) is 8.41. The highest BCUT2D eigenvalue weighted by atomic mass is 35.5. The first-order chi connectivity index (χ1) is 5.33. The van der Waals surface area contributed by atoms with Crippen molar-refractivity contribution in [3.8, 4) is 5.75 Å². The van der Waals surface area contributed by atoms with Gasteiger partial charge in [0.25, 0.3) is 0 Å². The van der Waals surface area contributed by atoms with E-state index in [4.69, 9.17) is 16.7 Å². The van der Waals surface area contributed by atoms with Crippen molar-refractivity contribution >= 4 is 11.6 Å². The molecule has 0 atom stereocenters. The van der Waals surface area contributed by atoms with E-state index in [1.807, 2.05) is 12.1 Å². The minimum absolute atomic E-state index is 0.331. The number of hydrogen-bond donors (Lipinski definition) is 1. The standard InChI is InChI=1S/C9H11ClO/c10-6-2-4-8-3-1-5-9(11)7-8/h1,3,5,7,11H,2,4,6H2. The maximum atomic E-state index is 9.08.